The highest BCUT2D eigenvalue weighted by molar-refractivity contribution is 6.09. The number of ether oxygens (including phenoxy) is 2. The van der Waals surface area contributed by atoms with Crippen molar-refractivity contribution >= 4 is 22.8 Å². The van der Waals surface area contributed by atoms with E-state index in [1.165, 1.54) is 25.6 Å². The summed E-state index contributed by atoms with van der Waals surface area (Å²) >= 11 is 0. The molecule has 2 saturated carbocycles. The maximum absolute atomic E-state index is 13.6. The van der Waals surface area contributed by atoms with E-state index in [-0.39, 0.29) is 42.0 Å². The molecule has 0 aliphatic heterocycles. The molecule has 2 heterocycles. The Balaban J connectivity index is 1.38. The Morgan fingerprint density at radius 3 is 2.65 bits per heavy atom. The number of carbonyl (C=O) groups excluding carboxylic acids is 2. The van der Waals surface area contributed by atoms with Crippen molar-refractivity contribution in [3.8, 4) is 17.0 Å². The Morgan fingerprint density at radius 1 is 1.15 bits per heavy atom. The van der Waals surface area contributed by atoms with Gasteiger partial charge in [0.05, 0.1) is 17.7 Å². The van der Waals surface area contributed by atoms with E-state index in [0.29, 0.717) is 58.2 Å². The van der Waals surface area contributed by atoms with Crippen molar-refractivity contribution in [3.63, 3.8) is 0 Å². The van der Waals surface area contributed by atoms with E-state index >= 15 is 0 Å². The zero-order chi connectivity index (χ0) is 28.4. The smallest absolute Gasteiger partial charge is 0.263 e. The number of nitrogens with zero attached hydrogens (tertiary/aromatic N) is 2. The first-order chi connectivity index (χ1) is 19.2. The number of aromatic nitrogens is 3. The van der Waals surface area contributed by atoms with Crippen LogP contribution >= 0.6 is 0 Å². The van der Waals surface area contributed by atoms with Gasteiger partial charge in [0, 0.05) is 36.0 Å². The van der Waals surface area contributed by atoms with Crippen LogP contribution in [-0.4, -0.2) is 59.2 Å². The highest BCUT2D eigenvalue weighted by Crippen LogP contribution is 2.38. The van der Waals surface area contributed by atoms with Gasteiger partial charge in [-0.1, -0.05) is 6.92 Å². The molecule has 0 spiro atoms. The minimum atomic E-state index is -2.65. The predicted octanol–water partition coefficient (Wildman–Crippen LogP) is 4.71. The number of benzene rings is 1. The average molecular weight is 556 g/mol. The van der Waals surface area contributed by atoms with E-state index < -0.39 is 6.43 Å². The summed E-state index contributed by atoms with van der Waals surface area (Å²) < 4.78 is 38.1. The number of methoxy groups -OCH3 is 1. The molecule has 214 valence electrons. The van der Waals surface area contributed by atoms with Crippen molar-refractivity contribution < 1.29 is 27.8 Å². The van der Waals surface area contributed by atoms with Crippen LogP contribution in [0, 0.1) is 18.8 Å². The summed E-state index contributed by atoms with van der Waals surface area (Å²) in [5.41, 5.74) is 2.61. The highest BCUT2D eigenvalue weighted by Gasteiger charge is 2.31. The predicted molar refractivity (Wildman–Crippen MR) is 145 cm³/mol. The second-order valence-corrected chi connectivity index (χ2v) is 10.9. The molecule has 2 aromatic heterocycles. The second kappa shape index (κ2) is 11.9. The molecular formula is C29H35F2N5O4. The molecule has 1 aromatic carbocycles. The molecule has 0 saturated heterocycles. The summed E-state index contributed by atoms with van der Waals surface area (Å²) in [5.74, 6) is 0.716. The average Bonchev–Trinajstić information content (AvgIpc) is 3.68. The number of halogens is 2. The highest BCUT2D eigenvalue weighted by atomic mass is 19.3. The molecule has 2 amide bonds. The lowest BCUT2D eigenvalue weighted by atomic mass is 9.82. The Kier molecular flexibility index (Phi) is 8.30. The van der Waals surface area contributed by atoms with Gasteiger partial charge in [-0.2, -0.15) is 0 Å². The molecule has 0 bridgehead atoms. The fourth-order valence-corrected chi connectivity index (χ4v) is 5.47. The number of rotatable bonds is 10. The number of fused-ring (bicyclic) bond motifs is 1. The van der Waals surface area contributed by atoms with Gasteiger partial charge in [-0.05, 0) is 69.1 Å². The first-order valence-electron chi connectivity index (χ1n) is 13.7. The van der Waals surface area contributed by atoms with Crippen LogP contribution in [0.1, 0.15) is 67.1 Å². The van der Waals surface area contributed by atoms with E-state index in [0.717, 1.165) is 25.7 Å². The van der Waals surface area contributed by atoms with Crippen LogP contribution in [0.2, 0.25) is 0 Å². The SMILES string of the molecule is COCC(=O)N[C@H]1CC[C@H](NC(=O)c2c(C)[nH]c3c(-c4cc(C(F)F)ccc4OCC4CC4)ncnc23)C[C@H]1C. The van der Waals surface area contributed by atoms with Gasteiger partial charge >= 0.3 is 0 Å². The van der Waals surface area contributed by atoms with Crippen molar-refractivity contribution in [2.75, 3.05) is 20.3 Å². The molecule has 2 fully saturated rings. The zero-order valence-corrected chi connectivity index (χ0v) is 22.9. The maximum Gasteiger partial charge on any atom is 0.263 e. The molecule has 9 nitrogen and oxygen atoms in total. The van der Waals surface area contributed by atoms with Gasteiger partial charge < -0.3 is 25.1 Å². The number of carbonyl (C=O) groups is 2. The third-order valence-corrected chi connectivity index (χ3v) is 7.81. The lowest BCUT2D eigenvalue weighted by Gasteiger charge is -2.35. The molecule has 2 aliphatic rings. The van der Waals surface area contributed by atoms with E-state index in [2.05, 4.69) is 32.5 Å². The minimum Gasteiger partial charge on any atom is -0.493 e. The number of alkyl halides is 2. The van der Waals surface area contributed by atoms with Crippen LogP contribution in [0.5, 0.6) is 5.75 Å². The summed E-state index contributed by atoms with van der Waals surface area (Å²) in [5, 5.41) is 6.14. The molecule has 3 N–H and O–H groups in total. The van der Waals surface area contributed by atoms with Crippen LogP contribution < -0.4 is 15.4 Å². The van der Waals surface area contributed by atoms with Gasteiger partial charge in [0.2, 0.25) is 5.91 Å². The molecule has 40 heavy (non-hydrogen) atoms. The van der Waals surface area contributed by atoms with Gasteiger partial charge in [0.25, 0.3) is 12.3 Å². The lowest BCUT2D eigenvalue weighted by Crippen LogP contribution is -2.48. The fraction of sp³-hybridized carbons (Fsp3) is 0.517. The van der Waals surface area contributed by atoms with E-state index in [1.54, 1.807) is 13.0 Å². The molecule has 11 heteroatoms. The Hall–Kier alpha value is -3.60. The van der Waals surface area contributed by atoms with Crippen molar-refractivity contribution in [2.24, 2.45) is 11.8 Å². The minimum absolute atomic E-state index is 0.0215. The summed E-state index contributed by atoms with van der Waals surface area (Å²) in [6, 6.07) is 4.30. The van der Waals surface area contributed by atoms with Crippen molar-refractivity contribution in [1.82, 2.24) is 25.6 Å². The van der Waals surface area contributed by atoms with E-state index in [9.17, 15) is 18.4 Å². The van der Waals surface area contributed by atoms with Gasteiger partial charge in [0.15, 0.2) is 0 Å². The molecule has 0 radical (unpaired) electrons. The second-order valence-electron chi connectivity index (χ2n) is 10.9. The van der Waals surface area contributed by atoms with Gasteiger partial charge in [-0.15, -0.1) is 0 Å². The summed E-state index contributed by atoms with van der Waals surface area (Å²) in [4.78, 5) is 37.5. The molecule has 3 aromatic rings. The third-order valence-electron chi connectivity index (χ3n) is 7.81. The molecule has 5 rings (SSSR count). The van der Waals surface area contributed by atoms with Crippen molar-refractivity contribution in [3.05, 3.63) is 41.3 Å². The normalized spacial score (nSPS) is 21.0. The van der Waals surface area contributed by atoms with Crippen LogP contribution in [0.25, 0.3) is 22.3 Å². The summed E-state index contributed by atoms with van der Waals surface area (Å²) in [7, 11) is 1.48. The number of aryl methyl sites for hydroxylation is 1. The third kappa shape index (κ3) is 6.09. The van der Waals surface area contributed by atoms with Crippen LogP contribution in [0.3, 0.4) is 0 Å². The maximum atomic E-state index is 13.6. The number of nitrogens with one attached hydrogen (secondary N) is 3. The van der Waals surface area contributed by atoms with E-state index in [4.69, 9.17) is 9.47 Å². The van der Waals surface area contributed by atoms with Crippen LogP contribution in [0.15, 0.2) is 24.5 Å². The number of hydrogen-bond acceptors (Lipinski definition) is 6. The fourth-order valence-electron chi connectivity index (χ4n) is 5.47. The Labute approximate surface area is 231 Å². The summed E-state index contributed by atoms with van der Waals surface area (Å²) in [6.07, 6.45) is 3.07. The van der Waals surface area contributed by atoms with Gasteiger partial charge in [0.1, 0.15) is 29.9 Å². The number of H-pyrrole nitrogens is 1. The molecule has 3 atom stereocenters. The molecule has 0 unspecified atom stereocenters. The number of hydrogen-bond donors (Lipinski definition) is 3. The van der Waals surface area contributed by atoms with Crippen LogP contribution in [0.4, 0.5) is 8.78 Å². The van der Waals surface area contributed by atoms with Gasteiger partial charge in [-0.3, -0.25) is 9.59 Å². The number of amides is 2. The monoisotopic (exact) mass is 555 g/mol. The van der Waals surface area contributed by atoms with Crippen LogP contribution in [-0.2, 0) is 9.53 Å². The Bertz CT molecular complexity index is 1390. The Morgan fingerprint density at radius 2 is 1.95 bits per heavy atom. The van der Waals surface area contributed by atoms with Crippen molar-refractivity contribution in [2.45, 2.75) is 64.5 Å². The van der Waals surface area contributed by atoms with Crippen molar-refractivity contribution in [1.29, 1.82) is 0 Å². The first kappa shape index (κ1) is 27.9. The van der Waals surface area contributed by atoms with E-state index in [1.807, 2.05) is 0 Å². The van der Waals surface area contributed by atoms with Gasteiger partial charge in [-0.25, -0.2) is 18.7 Å². The lowest BCUT2D eigenvalue weighted by molar-refractivity contribution is -0.126. The number of aromatic amines is 1. The first-order valence-corrected chi connectivity index (χ1v) is 13.7. The quantitative estimate of drug-likeness (QED) is 0.334. The topological polar surface area (TPSA) is 118 Å². The standard InChI is InChI=1S/C29H35F2N5O4/c1-15-10-19(7-8-21(15)36-23(37)13-39-3)35-29(38)24-16(2)34-27-25(32-14-33-26(24)27)20-11-18(28(30)31)6-9-22(20)40-12-17-4-5-17/h6,9,11,14-15,17,19,21,28,34H,4-5,7-8,10,12-13H2,1-3H3,(H,35,38)(H,36,37)/t15-,19+,21+/m1/s1. The molecule has 2 aliphatic carbocycles. The molecular weight excluding hydrogens is 520 g/mol. The summed E-state index contributed by atoms with van der Waals surface area (Å²) in [6.45, 7) is 4.38. The largest absolute Gasteiger partial charge is 0.493 e. The zero-order valence-electron chi connectivity index (χ0n) is 22.9.